The zero-order chi connectivity index (χ0) is 17.7. The zero-order valence-corrected chi connectivity index (χ0v) is 14.8. The molecule has 0 saturated heterocycles. The molecule has 0 aliphatic heterocycles. The van der Waals surface area contributed by atoms with Gasteiger partial charge in [-0.2, -0.15) is 0 Å². The van der Waals surface area contributed by atoms with Crippen LogP contribution in [0.4, 0.5) is 0 Å². The molecule has 0 spiro atoms. The third-order valence-electron chi connectivity index (χ3n) is 3.43. The normalized spacial score (nSPS) is 11.8. The van der Waals surface area contributed by atoms with E-state index >= 15 is 0 Å². The highest BCUT2D eigenvalue weighted by atomic mass is 79.9. The highest BCUT2D eigenvalue weighted by Crippen LogP contribution is 2.25. The lowest BCUT2D eigenvalue weighted by Crippen LogP contribution is -2.29. The quantitative estimate of drug-likeness (QED) is 0.665. The van der Waals surface area contributed by atoms with Gasteiger partial charge in [0.1, 0.15) is 5.75 Å². The lowest BCUT2D eigenvalue weighted by molar-refractivity contribution is -0.137. The van der Waals surface area contributed by atoms with Crippen LogP contribution in [0, 0.1) is 0 Å². The van der Waals surface area contributed by atoms with Crippen LogP contribution in [0.3, 0.4) is 0 Å². The fraction of sp³-hybridized carbons (Fsp3) is 0.176. The highest BCUT2D eigenvalue weighted by Gasteiger charge is 2.19. The lowest BCUT2D eigenvalue weighted by atomic mass is 10.0. The second-order valence-corrected chi connectivity index (χ2v) is 6.52. The Morgan fingerprint density at radius 2 is 1.83 bits per heavy atom. The van der Waals surface area contributed by atoms with Gasteiger partial charge in [-0.05, 0) is 42.3 Å². The standard InChI is InChI=1S/C17H15BrClNO4/c18-11-3-1-10(2-4-11)14(6-8-16(22)23)20-17(24)13-9-12(19)5-7-15(13)21/h1-5,7,9,14,21H,6,8H2,(H,20,24)(H,22,23)/t14-/m0/s1. The van der Waals surface area contributed by atoms with E-state index in [-0.39, 0.29) is 24.2 Å². The van der Waals surface area contributed by atoms with Gasteiger partial charge in [-0.15, -0.1) is 0 Å². The summed E-state index contributed by atoms with van der Waals surface area (Å²) in [5.74, 6) is -1.66. The molecule has 5 nitrogen and oxygen atoms in total. The van der Waals surface area contributed by atoms with Crippen LogP contribution in [0.1, 0.15) is 34.8 Å². The first-order valence-electron chi connectivity index (χ1n) is 7.13. The fourth-order valence-corrected chi connectivity index (χ4v) is 2.65. The van der Waals surface area contributed by atoms with Gasteiger partial charge < -0.3 is 15.5 Å². The van der Waals surface area contributed by atoms with Gasteiger partial charge >= 0.3 is 5.97 Å². The Labute approximate surface area is 152 Å². The van der Waals surface area contributed by atoms with Crippen LogP contribution in [-0.4, -0.2) is 22.1 Å². The Bertz CT molecular complexity index is 749. The van der Waals surface area contributed by atoms with E-state index in [9.17, 15) is 14.7 Å². The average molecular weight is 413 g/mol. The van der Waals surface area contributed by atoms with E-state index in [2.05, 4.69) is 21.2 Å². The molecule has 1 atom stereocenters. The Balaban J connectivity index is 2.23. The minimum Gasteiger partial charge on any atom is -0.507 e. The molecule has 2 rings (SSSR count). The number of rotatable bonds is 6. The predicted molar refractivity (Wildman–Crippen MR) is 94.3 cm³/mol. The molecule has 1 amide bonds. The molecule has 0 unspecified atom stereocenters. The molecule has 0 aliphatic rings. The molecule has 2 aromatic rings. The molecule has 0 aromatic heterocycles. The number of carboxylic acids is 1. The smallest absolute Gasteiger partial charge is 0.303 e. The van der Waals surface area contributed by atoms with Gasteiger partial charge in [-0.25, -0.2) is 0 Å². The first-order valence-corrected chi connectivity index (χ1v) is 8.30. The molecule has 0 fully saturated rings. The number of benzene rings is 2. The summed E-state index contributed by atoms with van der Waals surface area (Å²) in [7, 11) is 0. The van der Waals surface area contributed by atoms with E-state index in [4.69, 9.17) is 16.7 Å². The van der Waals surface area contributed by atoms with E-state index in [0.717, 1.165) is 10.0 Å². The molecule has 0 heterocycles. The topological polar surface area (TPSA) is 86.6 Å². The van der Waals surface area contributed by atoms with Crippen LogP contribution >= 0.6 is 27.5 Å². The molecule has 7 heteroatoms. The third-order valence-corrected chi connectivity index (χ3v) is 4.19. The SMILES string of the molecule is O=C(O)CC[C@H](NC(=O)c1cc(Cl)ccc1O)c1ccc(Br)cc1. The van der Waals surface area contributed by atoms with Crippen molar-refractivity contribution in [2.45, 2.75) is 18.9 Å². The zero-order valence-electron chi connectivity index (χ0n) is 12.5. The van der Waals surface area contributed by atoms with E-state index in [1.807, 2.05) is 12.1 Å². The number of carboxylic acid groups (broad SMARTS) is 1. The molecule has 3 N–H and O–H groups in total. The summed E-state index contributed by atoms with van der Waals surface area (Å²) in [6.45, 7) is 0. The van der Waals surface area contributed by atoms with Crippen molar-refractivity contribution in [1.82, 2.24) is 5.32 Å². The molecular weight excluding hydrogens is 398 g/mol. The van der Waals surface area contributed by atoms with Crippen LogP contribution in [-0.2, 0) is 4.79 Å². The Hall–Kier alpha value is -2.05. The molecule has 24 heavy (non-hydrogen) atoms. The summed E-state index contributed by atoms with van der Waals surface area (Å²) in [5.41, 5.74) is 0.814. The van der Waals surface area contributed by atoms with Gasteiger partial charge in [0.05, 0.1) is 11.6 Å². The summed E-state index contributed by atoms with van der Waals surface area (Å²) in [6, 6.07) is 10.9. The first-order chi connectivity index (χ1) is 11.4. The van der Waals surface area contributed by atoms with Crippen LogP contribution in [0.25, 0.3) is 0 Å². The van der Waals surface area contributed by atoms with E-state index in [0.29, 0.717) is 5.02 Å². The molecule has 0 aliphatic carbocycles. The Kier molecular flexibility index (Phi) is 6.23. The number of carbonyl (C=O) groups is 2. The van der Waals surface area contributed by atoms with Crippen molar-refractivity contribution in [3.05, 3.63) is 63.1 Å². The molecule has 0 bridgehead atoms. The summed E-state index contributed by atoms with van der Waals surface area (Å²) in [6.07, 6.45) is 0.132. The van der Waals surface area contributed by atoms with Gasteiger partial charge in [0.25, 0.3) is 5.91 Å². The van der Waals surface area contributed by atoms with Crippen molar-refractivity contribution in [3.63, 3.8) is 0 Å². The fourth-order valence-electron chi connectivity index (χ4n) is 2.21. The Morgan fingerprint density at radius 1 is 1.17 bits per heavy atom. The largest absolute Gasteiger partial charge is 0.507 e. The summed E-state index contributed by atoms with van der Waals surface area (Å²) >= 11 is 9.19. The number of nitrogens with one attached hydrogen (secondary N) is 1. The van der Waals surface area contributed by atoms with Gasteiger partial charge in [0.15, 0.2) is 0 Å². The molecule has 0 saturated carbocycles. The summed E-state index contributed by atoms with van der Waals surface area (Å²) in [4.78, 5) is 23.3. The van der Waals surface area contributed by atoms with Crippen molar-refractivity contribution in [2.24, 2.45) is 0 Å². The van der Waals surface area contributed by atoms with Crippen LogP contribution in [0.15, 0.2) is 46.9 Å². The minimum atomic E-state index is -0.947. The number of halogens is 2. The summed E-state index contributed by atoms with van der Waals surface area (Å²) in [5, 5.41) is 21.8. The monoisotopic (exact) mass is 411 g/mol. The van der Waals surface area contributed by atoms with Crippen molar-refractivity contribution < 1.29 is 19.8 Å². The number of aromatic hydroxyl groups is 1. The van der Waals surface area contributed by atoms with Crippen molar-refractivity contribution in [1.29, 1.82) is 0 Å². The minimum absolute atomic E-state index is 0.0416. The molecule has 0 radical (unpaired) electrons. The van der Waals surface area contributed by atoms with E-state index < -0.39 is 17.9 Å². The number of aliphatic carboxylic acids is 1. The summed E-state index contributed by atoms with van der Waals surface area (Å²) < 4.78 is 0.877. The average Bonchev–Trinajstić information content (AvgIpc) is 2.54. The number of amides is 1. The van der Waals surface area contributed by atoms with Crippen molar-refractivity contribution >= 4 is 39.4 Å². The van der Waals surface area contributed by atoms with E-state index in [1.54, 1.807) is 12.1 Å². The number of phenols is 1. The van der Waals surface area contributed by atoms with Crippen LogP contribution < -0.4 is 5.32 Å². The number of hydrogen-bond donors (Lipinski definition) is 3. The maximum atomic E-state index is 12.4. The first kappa shape index (κ1) is 18.3. The second-order valence-electron chi connectivity index (χ2n) is 5.17. The van der Waals surface area contributed by atoms with Gasteiger partial charge in [-0.1, -0.05) is 39.7 Å². The van der Waals surface area contributed by atoms with Crippen LogP contribution in [0.5, 0.6) is 5.75 Å². The van der Waals surface area contributed by atoms with Gasteiger partial charge in [0, 0.05) is 15.9 Å². The van der Waals surface area contributed by atoms with Crippen molar-refractivity contribution in [3.8, 4) is 5.75 Å². The lowest BCUT2D eigenvalue weighted by Gasteiger charge is -2.19. The molecule has 2 aromatic carbocycles. The maximum Gasteiger partial charge on any atom is 0.303 e. The Morgan fingerprint density at radius 3 is 2.46 bits per heavy atom. The van der Waals surface area contributed by atoms with Gasteiger partial charge in [-0.3, -0.25) is 9.59 Å². The van der Waals surface area contributed by atoms with Crippen LogP contribution in [0.2, 0.25) is 5.02 Å². The number of carbonyl (C=O) groups excluding carboxylic acids is 1. The number of phenolic OH excluding ortho intramolecular Hbond substituents is 1. The van der Waals surface area contributed by atoms with E-state index in [1.165, 1.54) is 18.2 Å². The predicted octanol–water partition coefficient (Wildman–Crippen LogP) is 4.14. The third kappa shape index (κ3) is 4.97. The van der Waals surface area contributed by atoms with Crippen molar-refractivity contribution in [2.75, 3.05) is 0 Å². The molecule has 126 valence electrons. The molecular formula is C17H15BrClNO4. The maximum absolute atomic E-state index is 12.4. The second kappa shape index (κ2) is 8.17. The number of hydrogen-bond acceptors (Lipinski definition) is 3. The highest BCUT2D eigenvalue weighted by molar-refractivity contribution is 9.10. The van der Waals surface area contributed by atoms with Gasteiger partial charge in [0.2, 0.25) is 0 Å².